The Kier molecular flexibility index (Phi) is 4.24. The van der Waals surface area contributed by atoms with Crippen molar-refractivity contribution < 1.29 is 14.3 Å². The van der Waals surface area contributed by atoms with Gasteiger partial charge in [-0.05, 0) is 55.0 Å². The molecule has 27 heavy (non-hydrogen) atoms. The van der Waals surface area contributed by atoms with Crippen molar-refractivity contribution in [3.63, 3.8) is 0 Å². The highest BCUT2D eigenvalue weighted by Crippen LogP contribution is 2.45. The molecule has 1 aromatic carbocycles. The van der Waals surface area contributed by atoms with Crippen LogP contribution in [0.2, 0.25) is 0 Å². The molecular formula is C20H18N4O3. The van der Waals surface area contributed by atoms with Crippen LogP contribution in [0.4, 0.5) is 10.5 Å². The van der Waals surface area contributed by atoms with E-state index in [1.807, 2.05) is 13.0 Å². The standard InChI is InChI=1S/C20H18N4O3/c1-2-16-19(25)24(20(26)23-16)14-6-8-18(22-11-14)27-17-7-3-12(10-21)9-15(17)13-4-5-13/h3,6-9,11,13,16H,2,4-5H2,1H3,(H,23,26)/t16-/m1/s1. The number of rotatable bonds is 5. The summed E-state index contributed by atoms with van der Waals surface area (Å²) < 4.78 is 5.90. The van der Waals surface area contributed by atoms with Crippen LogP contribution >= 0.6 is 0 Å². The van der Waals surface area contributed by atoms with E-state index >= 15 is 0 Å². The summed E-state index contributed by atoms with van der Waals surface area (Å²) in [6.45, 7) is 1.84. The maximum Gasteiger partial charge on any atom is 0.329 e. The third kappa shape index (κ3) is 3.22. The molecule has 2 fully saturated rings. The molecule has 7 heteroatoms. The van der Waals surface area contributed by atoms with Gasteiger partial charge >= 0.3 is 6.03 Å². The predicted molar refractivity (Wildman–Crippen MR) is 97.5 cm³/mol. The number of urea groups is 1. The number of benzene rings is 1. The van der Waals surface area contributed by atoms with E-state index in [0.717, 1.165) is 23.3 Å². The van der Waals surface area contributed by atoms with Gasteiger partial charge in [0.25, 0.3) is 5.91 Å². The quantitative estimate of drug-likeness (QED) is 0.822. The summed E-state index contributed by atoms with van der Waals surface area (Å²) in [7, 11) is 0. The lowest BCUT2D eigenvalue weighted by Crippen LogP contribution is -2.31. The highest BCUT2D eigenvalue weighted by atomic mass is 16.5. The number of hydrogen-bond donors (Lipinski definition) is 1. The van der Waals surface area contributed by atoms with Crippen LogP contribution in [0.5, 0.6) is 11.6 Å². The van der Waals surface area contributed by atoms with Gasteiger partial charge in [-0.25, -0.2) is 14.7 Å². The number of hydrogen-bond acceptors (Lipinski definition) is 5. The number of ether oxygens (including phenoxy) is 1. The van der Waals surface area contributed by atoms with Crippen LogP contribution < -0.4 is 15.0 Å². The van der Waals surface area contributed by atoms with Gasteiger partial charge in [-0.2, -0.15) is 5.26 Å². The van der Waals surface area contributed by atoms with Crippen LogP contribution in [0.1, 0.15) is 43.2 Å². The minimum atomic E-state index is -0.492. The minimum absolute atomic E-state index is 0.277. The van der Waals surface area contributed by atoms with Crippen LogP contribution in [0.15, 0.2) is 36.5 Å². The first-order chi connectivity index (χ1) is 13.1. The van der Waals surface area contributed by atoms with E-state index in [0.29, 0.717) is 35.2 Å². The summed E-state index contributed by atoms with van der Waals surface area (Å²) in [5.74, 6) is 1.19. The molecule has 0 spiro atoms. The van der Waals surface area contributed by atoms with E-state index in [1.165, 1.54) is 6.20 Å². The zero-order chi connectivity index (χ0) is 19.0. The molecule has 2 aromatic rings. The lowest BCUT2D eigenvalue weighted by atomic mass is 10.1. The third-order valence-corrected chi connectivity index (χ3v) is 4.78. The molecule has 0 unspecified atom stereocenters. The largest absolute Gasteiger partial charge is 0.439 e. The van der Waals surface area contributed by atoms with E-state index < -0.39 is 12.1 Å². The van der Waals surface area contributed by atoms with Gasteiger partial charge in [-0.1, -0.05) is 6.92 Å². The van der Waals surface area contributed by atoms with Gasteiger partial charge in [0.05, 0.1) is 23.5 Å². The Balaban J connectivity index is 1.55. The Morgan fingerprint density at radius 3 is 2.70 bits per heavy atom. The van der Waals surface area contributed by atoms with Crippen molar-refractivity contribution in [2.24, 2.45) is 0 Å². The number of aromatic nitrogens is 1. The number of carbonyl (C=O) groups is 2. The summed E-state index contributed by atoms with van der Waals surface area (Å²) in [4.78, 5) is 29.6. The monoisotopic (exact) mass is 362 g/mol. The van der Waals surface area contributed by atoms with Crippen LogP contribution in [0.25, 0.3) is 0 Å². The van der Waals surface area contributed by atoms with Crippen molar-refractivity contribution in [2.45, 2.75) is 38.1 Å². The van der Waals surface area contributed by atoms with Crippen molar-refractivity contribution in [3.8, 4) is 17.7 Å². The number of amides is 3. The van der Waals surface area contributed by atoms with Gasteiger partial charge in [0.2, 0.25) is 5.88 Å². The van der Waals surface area contributed by atoms with Gasteiger partial charge in [-0.3, -0.25) is 4.79 Å². The number of pyridine rings is 1. The SMILES string of the molecule is CC[C@H]1NC(=O)N(c2ccc(Oc3ccc(C#N)cc3C3CC3)nc2)C1=O. The molecule has 7 nitrogen and oxygen atoms in total. The average molecular weight is 362 g/mol. The van der Waals surface area contributed by atoms with Crippen LogP contribution in [-0.2, 0) is 4.79 Å². The maximum atomic E-state index is 12.3. The summed E-state index contributed by atoms with van der Waals surface area (Å²) in [5, 5.41) is 11.7. The number of anilines is 1. The van der Waals surface area contributed by atoms with Crippen LogP contribution in [-0.4, -0.2) is 23.0 Å². The molecule has 3 amide bonds. The molecule has 2 aliphatic rings. The molecule has 1 saturated heterocycles. The van der Waals surface area contributed by atoms with Crippen LogP contribution in [0.3, 0.4) is 0 Å². The van der Waals surface area contributed by atoms with Gasteiger partial charge in [0, 0.05) is 6.07 Å². The molecule has 136 valence electrons. The molecule has 0 bridgehead atoms. The number of nitriles is 1. The lowest BCUT2D eigenvalue weighted by Gasteiger charge is -2.14. The van der Waals surface area contributed by atoms with E-state index in [9.17, 15) is 9.59 Å². The van der Waals surface area contributed by atoms with E-state index in [2.05, 4.69) is 16.4 Å². The zero-order valence-electron chi connectivity index (χ0n) is 14.8. The maximum absolute atomic E-state index is 12.3. The molecule has 1 saturated carbocycles. The first-order valence-electron chi connectivity index (χ1n) is 8.93. The summed E-state index contributed by atoms with van der Waals surface area (Å²) in [6.07, 6.45) is 4.16. The summed E-state index contributed by atoms with van der Waals surface area (Å²) in [6, 6.07) is 9.84. The molecule has 1 N–H and O–H groups in total. The van der Waals surface area contributed by atoms with Gasteiger partial charge in [0.15, 0.2) is 0 Å². The Morgan fingerprint density at radius 2 is 2.11 bits per heavy atom. The molecule has 1 aromatic heterocycles. The Bertz CT molecular complexity index is 945. The fourth-order valence-electron chi connectivity index (χ4n) is 3.15. The highest BCUT2D eigenvalue weighted by molar-refractivity contribution is 6.21. The molecule has 2 heterocycles. The van der Waals surface area contributed by atoms with Crippen molar-refractivity contribution in [2.75, 3.05) is 4.90 Å². The van der Waals surface area contributed by atoms with Crippen molar-refractivity contribution in [3.05, 3.63) is 47.7 Å². The number of nitrogens with one attached hydrogen (secondary N) is 1. The number of nitrogens with zero attached hydrogens (tertiary/aromatic N) is 3. The topological polar surface area (TPSA) is 95.3 Å². The van der Waals surface area contributed by atoms with Crippen molar-refractivity contribution >= 4 is 17.6 Å². The molecular weight excluding hydrogens is 344 g/mol. The lowest BCUT2D eigenvalue weighted by molar-refractivity contribution is -0.118. The fraction of sp³-hybridized carbons (Fsp3) is 0.300. The first-order valence-corrected chi connectivity index (χ1v) is 8.93. The summed E-state index contributed by atoms with van der Waals surface area (Å²) >= 11 is 0. The minimum Gasteiger partial charge on any atom is -0.439 e. The smallest absolute Gasteiger partial charge is 0.329 e. The van der Waals surface area contributed by atoms with E-state index in [1.54, 1.807) is 24.3 Å². The molecule has 1 aliphatic carbocycles. The number of carbonyl (C=O) groups excluding carboxylic acids is 2. The highest BCUT2D eigenvalue weighted by Gasteiger charge is 2.38. The number of imide groups is 1. The first kappa shape index (κ1) is 17.0. The molecule has 1 aliphatic heterocycles. The van der Waals surface area contributed by atoms with E-state index in [-0.39, 0.29) is 5.91 Å². The van der Waals surface area contributed by atoms with Crippen molar-refractivity contribution in [1.29, 1.82) is 5.26 Å². The molecule has 1 atom stereocenters. The van der Waals surface area contributed by atoms with E-state index in [4.69, 9.17) is 10.00 Å². The Labute approximate surface area is 156 Å². The fourth-order valence-corrected chi connectivity index (χ4v) is 3.15. The second-order valence-electron chi connectivity index (χ2n) is 6.68. The Hall–Kier alpha value is -3.40. The van der Waals surface area contributed by atoms with Crippen LogP contribution in [0, 0.1) is 11.3 Å². The second kappa shape index (κ2) is 6.72. The molecule has 4 rings (SSSR count). The normalized spacial score (nSPS) is 19.0. The second-order valence-corrected chi connectivity index (χ2v) is 6.68. The Morgan fingerprint density at radius 1 is 1.30 bits per heavy atom. The predicted octanol–water partition coefficient (Wildman–Crippen LogP) is 3.46. The molecule has 0 radical (unpaired) electrons. The van der Waals surface area contributed by atoms with Gasteiger partial charge < -0.3 is 10.1 Å². The third-order valence-electron chi connectivity index (χ3n) is 4.78. The van der Waals surface area contributed by atoms with Crippen molar-refractivity contribution in [1.82, 2.24) is 10.3 Å². The van der Waals surface area contributed by atoms with Gasteiger partial charge in [-0.15, -0.1) is 0 Å². The average Bonchev–Trinajstić information content (AvgIpc) is 3.48. The zero-order valence-corrected chi connectivity index (χ0v) is 14.8. The summed E-state index contributed by atoms with van der Waals surface area (Å²) in [5.41, 5.74) is 2.03. The van der Waals surface area contributed by atoms with Gasteiger partial charge in [0.1, 0.15) is 11.8 Å².